The number of methoxy groups -OCH3 is 1. The molecule has 0 spiro atoms. The number of carbonyl (C=O) groups excluding carboxylic acids is 2. The Morgan fingerprint density at radius 3 is 2.78 bits per heavy atom. The van der Waals surface area contributed by atoms with Gasteiger partial charge in [0, 0.05) is 0 Å². The molecule has 0 fully saturated rings. The molecule has 98 valence electrons. The summed E-state index contributed by atoms with van der Waals surface area (Å²) in [5.41, 5.74) is 0.00474. The molecule has 0 atom stereocenters. The number of rotatable bonds is 4. The third-order valence-corrected chi connectivity index (χ3v) is 2.14. The first-order valence-electron chi connectivity index (χ1n) is 5.00. The molecular formula is C11H12ClNO5. The highest BCUT2D eigenvalue weighted by Gasteiger charge is 2.16. The number of para-hydroxylation sites is 1. The first kappa shape index (κ1) is 14.1. The summed E-state index contributed by atoms with van der Waals surface area (Å²) in [5.74, 6) is -0.917. The average molecular weight is 274 g/mol. The Morgan fingerprint density at radius 1 is 1.44 bits per heavy atom. The smallest absolute Gasteiger partial charge is 0.411 e. The predicted molar refractivity (Wildman–Crippen MR) is 65.1 cm³/mol. The normalized spacial score (nSPS) is 9.67. The lowest BCUT2D eigenvalue weighted by molar-refractivity contribution is 0.0597. The third-order valence-electron chi connectivity index (χ3n) is 1.99. The number of esters is 1. The monoisotopic (exact) mass is 273 g/mol. The van der Waals surface area contributed by atoms with E-state index >= 15 is 0 Å². The van der Waals surface area contributed by atoms with E-state index in [0.29, 0.717) is 0 Å². The number of ether oxygens (including phenoxy) is 2. The van der Waals surface area contributed by atoms with Crippen LogP contribution in [0.15, 0.2) is 18.2 Å². The van der Waals surface area contributed by atoms with Gasteiger partial charge in [-0.1, -0.05) is 6.07 Å². The number of phenolic OH excluding ortho intramolecular Hbond substituents is 1. The van der Waals surface area contributed by atoms with E-state index in [1.807, 2.05) is 0 Å². The molecule has 1 aromatic rings. The number of alkyl halides is 1. The van der Waals surface area contributed by atoms with E-state index in [0.717, 1.165) is 0 Å². The number of anilines is 1. The Morgan fingerprint density at radius 2 is 2.17 bits per heavy atom. The minimum absolute atomic E-state index is 0.0465. The molecular weight excluding hydrogens is 262 g/mol. The molecule has 0 bridgehead atoms. The second-order valence-electron chi connectivity index (χ2n) is 3.14. The summed E-state index contributed by atoms with van der Waals surface area (Å²) in [7, 11) is 1.19. The molecule has 0 radical (unpaired) electrons. The van der Waals surface area contributed by atoms with Crippen LogP contribution in [0.4, 0.5) is 10.5 Å². The molecule has 1 amide bonds. The highest BCUT2D eigenvalue weighted by atomic mass is 35.5. The maximum Gasteiger partial charge on any atom is 0.411 e. The Bertz CT molecular complexity index is 449. The van der Waals surface area contributed by atoms with Gasteiger partial charge >= 0.3 is 12.1 Å². The Labute approximate surface area is 108 Å². The highest BCUT2D eigenvalue weighted by Crippen LogP contribution is 2.27. The molecule has 1 aromatic carbocycles. The fraction of sp³-hybridized carbons (Fsp3) is 0.273. The summed E-state index contributed by atoms with van der Waals surface area (Å²) in [5, 5.41) is 12.1. The molecule has 0 aromatic heterocycles. The summed E-state index contributed by atoms with van der Waals surface area (Å²) in [4.78, 5) is 22.6. The van der Waals surface area contributed by atoms with Crippen LogP contribution in [-0.2, 0) is 9.47 Å². The predicted octanol–water partition coefficient (Wildman–Crippen LogP) is 1.97. The maximum atomic E-state index is 11.3. The summed E-state index contributed by atoms with van der Waals surface area (Å²) in [6.45, 7) is 0.0465. The minimum Gasteiger partial charge on any atom is -0.505 e. The van der Waals surface area contributed by atoms with Gasteiger partial charge in [-0.2, -0.15) is 0 Å². The summed E-state index contributed by atoms with van der Waals surface area (Å²) in [6, 6.07) is 4.28. The van der Waals surface area contributed by atoms with Crippen LogP contribution >= 0.6 is 11.6 Å². The number of carbonyl (C=O) groups is 2. The topological polar surface area (TPSA) is 84.9 Å². The number of hydrogen-bond acceptors (Lipinski definition) is 5. The Kier molecular flexibility index (Phi) is 5.26. The summed E-state index contributed by atoms with van der Waals surface area (Å²) >= 11 is 5.35. The first-order valence-corrected chi connectivity index (χ1v) is 5.53. The van der Waals surface area contributed by atoms with Gasteiger partial charge in [-0.15, -0.1) is 11.6 Å². The second kappa shape index (κ2) is 6.70. The zero-order valence-electron chi connectivity index (χ0n) is 9.60. The van der Waals surface area contributed by atoms with Gasteiger partial charge in [0.15, 0.2) is 5.75 Å². The molecule has 1 rings (SSSR count). The van der Waals surface area contributed by atoms with E-state index in [-0.39, 0.29) is 29.5 Å². The van der Waals surface area contributed by atoms with Crippen molar-refractivity contribution in [3.63, 3.8) is 0 Å². The van der Waals surface area contributed by atoms with Crippen LogP contribution in [0.2, 0.25) is 0 Å². The molecule has 0 saturated carbocycles. The largest absolute Gasteiger partial charge is 0.505 e. The molecule has 6 nitrogen and oxygen atoms in total. The van der Waals surface area contributed by atoms with Crippen LogP contribution in [0.3, 0.4) is 0 Å². The van der Waals surface area contributed by atoms with E-state index in [4.69, 9.17) is 11.6 Å². The van der Waals surface area contributed by atoms with Gasteiger partial charge < -0.3 is 14.6 Å². The van der Waals surface area contributed by atoms with Crippen molar-refractivity contribution in [2.45, 2.75) is 0 Å². The van der Waals surface area contributed by atoms with Crippen LogP contribution in [-0.4, -0.2) is 36.8 Å². The summed E-state index contributed by atoms with van der Waals surface area (Å²) in [6.07, 6.45) is -0.770. The number of nitrogens with one attached hydrogen (secondary N) is 1. The van der Waals surface area contributed by atoms with Crippen molar-refractivity contribution < 1.29 is 24.2 Å². The van der Waals surface area contributed by atoms with E-state index in [1.165, 1.54) is 25.3 Å². The van der Waals surface area contributed by atoms with Gasteiger partial charge in [0.05, 0.1) is 18.7 Å². The van der Waals surface area contributed by atoms with Crippen LogP contribution in [0.5, 0.6) is 5.75 Å². The Balaban J connectivity index is 2.84. The highest BCUT2D eigenvalue weighted by molar-refractivity contribution is 6.18. The molecule has 7 heteroatoms. The summed E-state index contributed by atoms with van der Waals surface area (Å²) < 4.78 is 9.15. The van der Waals surface area contributed by atoms with Gasteiger partial charge in [-0.05, 0) is 12.1 Å². The van der Waals surface area contributed by atoms with Crippen molar-refractivity contribution >= 4 is 29.4 Å². The number of halogens is 1. The standard InChI is InChI=1S/C11H12ClNO5/c1-17-10(15)7-3-2-4-8(9(7)14)13-11(16)18-6-5-12/h2-4,14H,5-6H2,1H3,(H,13,16). The van der Waals surface area contributed by atoms with Crippen LogP contribution in [0.1, 0.15) is 10.4 Å². The van der Waals surface area contributed by atoms with E-state index in [1.54, 1.807) is 0 Å². The van der Waals surface area contributed by atoms with Crippen molar-refractivity contribution in [3.8, 4) is 5.75 Å². The average Bonchev–Trinajstić information content (AvgIpc) is 2.38. The number of aromatic hydroxyl groups is 1. The van der Waals surface area contributed by atoms with Gasteiger partial charge in [-0.25, -0.2) is 9.59 Å². The molecule has 18 heavy (non-hydrogen) atoms. The maximum absolute atomic E-state index is 11.3. The van der Waals surface area contributed by atoms with Crippen molar-refractivity contribution in [3.05, 3.63) is 23.8 Å². The van der Waals surface area contributed by atoms with Crippen molar-refractivity contribution in [1.82, 2.24) is 0 Å². The van der Waals surface area contributed by atoms with E-state index in [2.05, 4.69) is 14.8 Å². The molecule has 0 saturated heterocycles. The molecule has 0 unspecified atom stereocenters. The van der Waals surface area contributed by atoms with Crippen molar-refractivity contribution in [2.75, 3.05) is 24.9 Å². The van der Waals surface area contributed by atoms with Gasteiger partial charge in [0.25, 0.3) is 0 Å². The number of benzene rings is 1. The van der Waals surface area contributed by atoms with Gasteiger partial charge in [-0.3, -0.25) is 5.32 Å². The third kappa shape index (κ3) is 3.53. The van der Waals surface area contributed by atoms with Crippen LogP contribution < -0.4 is 5.32 Å². The molecule has 0 heterocycles. The second-order valence-corrected chi connectivity index (χ2v) is 3.52. The van der Waals surface area contributed by atoms with Crippen molar-refractivity contribution in [2.24, 2.45) is 0 Å². The fourth-order valence-electron chi connectivity index (χ4n) is 1.20. The fourth-order valence-corrected chi connectivity index (χ4v) is 1.27. The van der Waals surface area contributed by atoms with Crippen LogP contribution in [0.25, 0.3) is 0 Å². The number of phenols is 1. The lowest BCUT2D eigenvalue weighted by Gasteiger charge is -2.09. The lowest BCUT2D eigenvalue weighted by atomic mass is 10.1. The van der Waals surface area contributed by atoms with E-state index in [9.17, 15) is 14.7 Å². The van der Waals surface area contributed by atoms with Crippen molar-refractivity contribution in [1.29, 1.82) is 0 Å². The molecule has 0 aliphatic carbocycles. The van der Waals surface area contributed by atoms with Crippen LogP contribution in [0, 0.1) is 0 Å². The quantitative estimate of drug-likeness (QED) is 0.498. The number of hydrogen-bond donors (Lipinski definition) is 2. The van der Waals surface area contributed by atoms with E-state index < -0.39 is 12.1 Å². The van der Waals surface area contributed by atoms with Gasteiger partial charge in [0.2, 0.25) is 0 Å². The van der Waals surface area contributed by atoms with Gasteiger partial charge in [0.1, 0.15) is 12.2 Å². The SMILES string of the molecule is COC(=O)c1cccc(NC(=O)OCCCl)c1O. The lowest BCUT2D eigenvalue weighted by Crippen LogP contribution is -2.15. The first-order chi connectivity index (χ1) is 8.60. The minimum atomic E-state index is -0.770. The molecule has 0 aliphatic heterocycles. The number of amides is 1. The zero-order valence-corrected chi connectivity index (χ0v) is 10.4. The molecule has 0 aliphatic rings. The zero-order chi connectivity index (χ0) is 13.5. The Hall–Kier alpha value is -1.95. The molecule has 2 N–H and O–H groups in total.